The topological polar surface area (TPSA) is 27.3 Å². The van der Waals surface area contributed by atoms with E-state index in [1.165, 1.54) is 45.6 Å². The van der Waals surface area contributed by atoms with E-state index in [1.54, 1.807) is 0 Å². The van der Waals surface area contributed by atoms with E-state index in [-0.39, 0.29) is 0 Å². The van der Waals surface area contributed by atoms with E-state index in [2.05, 4.69) is 15.5 Å². The Bertz CT molecular complexity index is 99.9. The van der Waals surface area contributed by atoms with Gasteiger partial charge in [0.05, 0.1) is 0 Å². The van der Waals surface area contributed by atoms with E-state index < -0.39 is 0 Å². The predicted octanol–water partition coefficient (Wildman–Crippen LogP) is -0.109. The van der Waals surface area contributed by atoms with Gasteiger partial charge in [-0.05, 0) is 33.0 Å². The fourth-order valence-corrected chi connectivity index (χ4v) is 1.57. The molecule has 0 saturated carbocycles. The maximum atomic E-state index is 3.36. The number of hydrogen-bond donors (Lipinski definition) is 2. The maximum Gasteiger partial charge on any atom is 0.0107 e. The number of nitrogens with zero attached hydrogens (tertiary/aromatic N) is 1. The molecule has 0 aromatic heterocycles. The number of unbranched alkanes of at least 4 members (excludes halogenated alkanes) is 1. The number of hydrogen-bond acceptors (Lipinski definition) is 3. The number of piperazine rings is 1. The first-order valence-electron chi connectivity index (χ1n) is 5.01. The van der Waals surface area contributed by atoms with Gasteiger partial charge in [-0.2, -0.15) is 0 Å². The zero-order chi connectivity index (χ0) is 8.65. The fraction of sp³-hybridized carbons (Fsp3) is 1.00. The standard InChI is InChI=1S/C9H21N3/c1-10-4-2-3-7-12-8-5-11-6-9-12/h10-11H,2-9H2,1H3. The lowest BCUT2D eigenvalue weighted by Crippen LogP contribution is -2.43. The molecular formula is C9H21N3. The van der Waals surface area contributed by atoms with Crippen molar-refractivity contribution in [1.29, 1.82) is 0 Å². The van der Waals surface area contributed by atoms with Crippen LogP contribution >= 0.6 is 0 Å². The number of rotatable bonds is 5. The van der Waals surface area contributed by atoms with Gasteiger partial charge in [0.25, 0.3) is 0 Å². The molecule has 72 valence electrons. The lowest BCUT2D eigenvalue weighted by molar-refractivity contribution is 0.236. The van der Waals surface area contributed by atoms with Crippen LogP contribution in [0, 0.1) is 0 Å². The monoisotopic (exact) mass is 171 g/mol. The molecular weight excluding hydrogens is 150 g/mol. The highest BCUT2D eigenvalue weighted by Crippen LogP contribution is 1.96. The highest BCUT2D eigenvalue weighted by Gasteiger charge is 2.07. The summed E-state index contributed by atoms with van der Waals surface area (Å²) >= 11 is 0. The maximum absolute atomic E-state index is 3.36. The lowest BCUT2D eigenvalue weighted by atomic mass is 10.2. The first-order chi connectivity index (χ1) is 5.93. The van der Waals surface area contributed by atoms with Gasteiger partial charge in [0.2, 0.25) is 0 Å². The summed E-state index contributed by atoms with van der Waals surface area (Å²) in [6.07, 6.45) is 2.64. The average Bonchev–Trinajstić information content (AvgIpc) is 2.14. The Hall–Kier alpha value is -0.120. The third-order valence-electron chi connectivity index (χ3n) is 2.36. The van der Waals surface area contributed by atoms with Crippen LogP contribution in [-0.4, -0.2) is 51.2 Å². The van der Waals surface area contributed by atoms with Crippen LogP contribution in [0.5, 0.6) is 0 Å². The molecule has 0 radical (unpaired) electrons. The van der Waals surface area contributed by atoms with Gasteiger partial charge in [0, 0.05) is 26.2 Å². The summed E-state index contributed by atoms with van der Waals surface area (Å²) in [7, 11) is 2.02. The van der Waals surface area contributed by atoms with E-state index in [0.717, 1.165) is 6.54 Å². The molecule has 0 aliphatic carbocycles. The Balaban J connectivity index is 1.91. The van der Waals surface area contributed by atoms with E-state index in [4.69, 9.17) is 0 Å². The van der Waals surface area contributed by atoms with Crippen LogP contribution in [0.3, 0.4) is 0 Å². The summed E-state index contributed by atoms with van der Waals surface area (Å²) in [5.74, 6) is 0. The van der Waals surface area contributed by atoms with Crippen molar-refractivity contribution in [3.63, 3.8) is 0 Å². The number of nitrogens with one attached hydrogen (secondary N) is 2. The predicted molar refractivity (Wildman–Crippen MR) is 52.5 cm³/mol. The largest absolute Gasteiger partial charge is 0.320 e. The molecule has 0 aromatic carbocycles. The van der Waals surface area contributed by atoms with Crippen molar-refractivity contribution in [2.24, 2.45) is 0 Å². The molecule has 0 atom stereocenters. The van der Waals surface area contributed by atoms with Gasteiger partial charge in [0.15, 0.2) is 0 Å². The van der Waals surface area contributed by atoms with Gasteiger partial charge in [-0.1, -0.05) is 0 Å². The third-order valence-corrected chi connectivity index (χ3v) is 2.36. The van der Waals surface area contributed by atoms with Crippen LogP contribution in [0.1, 0.15) is 12.8 Å². The molecule has 3 heteroatoms. The second-order valence-electron chi connectivity index (χ2n) is 3.40. The van der Waals surface area contributed by atoms with Gasteiger partial charge in [-0.25, -0.2) is 0 Å². The van der Waals surface area contributed by atoms with Gasteiger partial charge >= 0.3 is 0 Å². The third kappa shape index (κ3) is 4.04. The molecule has 0 amide bonds. The first kappa shape index (κ1) is 9.96. The van der Waals surface area contributed by atoms with Crippen molar-refractivity contribution in [1.82, 2.24) is 15.5 Å². The van der Waals surface area contributed by atoms with Gasteiger partial charge in [-0.3, -0.25) is 0 Å². The Kier molecular flexibility index (Phi) is 5.32. The van der Waals surface area contributed by atoms with Crippen molar-refractivity contribution < 1.29 is 0 Å². The average molecular weight is 171 g/mol. The molecule has 0 bridgehead atoms. The van der Waals surface area contributed by atoms with Gasteiger partial charge in [0.1, 0.15) is 0 Å². The highest BCUT2D eigenvalue weighted by atomic mass is 15.2. The molecule has 1 rings (SSSR count). The zero-order valence-corrected chi connectivity index (χ0v) is 8.10. The summed E-state index contributed by atoms with van der Waals surface area (Å²) < 4.78 is 0. The van der Waals surface area contributed by atoms with Crippen molar-refractivity contribution >= 4 is 0 Å². The minimum Gasteiger partial charge on any atom is -0.320 e. The van der Waals surface area contributed by atoms with Crippen LogP contribution < -0.4 is 10.6 Å². The summed E-state index contributed by atoms with van der Waals surface area (Å²) in [4.78, 5) is 2.55. The smallest absolute Gasteiger partial charge is 0.0107 e. The SMILES string of the molecule is CNCCCCN1CCNCC1. The highest BCUT2D eigenvalue weighted by molar-refractivity contribution is 4.67. The summed E-state index contributed by atoms with van der Waals surface area (Å²) in [5, 5.41) is 6.54. The van der Waals surface area contributed by atoms with Crippen molar-refractivity contribution in [2.75, 3.05) is 46.3 Å². The van der Waals surface area contributed by atoms with E-state index in [9.17, 15) is 0 Å². The van der Waals surface area contributed by atoms with Gasteiger partial charge in [-0.15, -0.1) is 0 Å². The summed E-state index contributed by atoms with van der Waals surface area (Å²) in [6, 6.07) is 0. The Morgan fingerprint density at radius 2 is 2.00 bits per heavy atom. The quantitative estimate of drug-likeness (QED) is 0.565. The lowest BCUT2D eigenvalue weighted by Gasteiger charge is -2.26. The minimum atomic E-state index is 1.16. The molecule has 0 unspecified atom stereocenters. The Labute approximate surface area is 75.5 Å². The van der Waals surface area contributed by atoms with Crippen LogP contribution in [0.25, 0.3) is 0 Å². The van der Waals surface area contributed by atoms with E-state index in [1.807, 2.05) is 7.05 Å². The fourth-order valence-electron chi connectivity index (χ4n) is 1.57. The molecule has 1 aliphatic heterocycles. The molecule has 0 aromatic rings. The van der Waals surface area contributed by atoms with Crippen molar-refractivity contribution in [3.05, 3.63) is 0 Å². The second kappa shape index (κ2) is 6.40. The van der Waals surface area contributed by atoms with Gasteiger partial charge < -0.3 is 15.5 Å². The zero-order valence-electron chi connectivity index (χ0n) is 8.10. The first-order valence-corrected chi connectivity index (χ1v) is 5.01. The minimum absolute atomic E-state index is 1.16. The van der Waals surface area contributed by atoms with Crippen molar-refractivity contribution in [2.45, 2.75) is 12.8 Å². The van der Waals surface area contributed by atoms with Crippen molar-refractivity contribution in [3.8, 4) is 0 Å². The molecule has 3 nitrogen and oxygen atoms in total. The normalized spacial score (nSPS) is 19.8. The molecule has 1 saturated heterocycles. The Morgan fingerprint density at radius 3 is 2.67 bits per heavy atom. The van der Waals surface area contributed by atoms with Crippen LogP contribution in [-0.2, 0) is 0 Å². The molecule has 1 fully saturated rings. The molecule has 0 spiro atoms. The molecule has 1 aliphatic rings. The van der Waals surface area contributed by atoms with Crippen LogP contribution in [0.15, 0.2) is 0 Å². The molecule has 2 N–H and O–H groups in total. The molecule has 12 heavy (non-hydrogen) atoms. The van der Waals surface area contributed by atoms with E-state index >= 15 is 0 Å². The summed E-state index contributed by atoms with van der Waals surface area (Å²) in [5.41, 5.74) is 0. The van der Waals surface area contributed by atoms with Crippen LogP contribution in [0.2, 0.25) is 0 Å². The Morgan fingerprint density at radius 1 is 1.25 bits per heavy atom. The molecule has 1 heterocycles. The second-order valence-corrected chi connectivity index (χ2v) is 3.40. The van der Waals surface area contributed by atoms with E-state index in [0.29, 0.717) is 0 Å². The summed E-state index contributed by atoms with van der Waals surface area (Å²) in [6.45, 7) is 7.26. The van der Waals surface area contributed by atoms with Crippen LogP contribution in [0.4, 0.5) is 0 Å².